The van der Waals surface area contributed by atoms with Gasteiger partial charge in [0.1, 0.15) is 19.6 Å². The first-order chi connectivity index (χ1) is 22.6. The van der Waals surface area contributed by atoms with Gasteiger partial charge in [-0.25, -0.2) is 0 Å². The SMILES string of the molecule is CC(C)[Si](C#CC(O)(C#CC(C)(C)c1ccc(OC2CCCCO2)cc1)C(C)(C)c1ccc(OC2CCCCO2)cc1)(C(C)C)C(C)C. The van der Waals surface area contributed by atoms with Crippen molar-refractivity contribution in [2.45, 2.75) is 153 Å². The molecular formula is C42H60O5Si. The highest BCUT2D eigenvalue weighted by atomic mass is 28.3. The second-order valence-electron chi connectivity index (χ2n) is 15.7. The standard InChI is InChI=1S/C42H60O5Si/c1-31(2)48(32(3)4,33(5)6)30-27-42(43,41(9,10)35-19-23-37(24-20-35)47-39-16-12-14-29-45-39)26-25-40(7,8)34-17-21-36(22-18-34)46-38-15-11-13-28-44-38/h17-24,31-33,38-39,43H,11-16,28-29H2,1-10H3. The Morgan fingerprint density at radius 2 is 1.08 bits per heavy atom. The van der Waals surface area contributed by atoms with Gasteiger partial charge in [0, 0.05) is 18.3 Å². The zero-order valence-corrected chi connectivity index (χ0v) is 32.2. The van der Waals surface area contributed by atoms with E-state index in [1.54, 1.807) is 0 Å². The average Bonchev–Trinajstić information content (AvgIpc) is 3.05. The molecule has 2 aliphatic rings. The van der Waals surface area contributed by atoms with Crippen LogP contribution in [-0.2, 0) is 20.3 Å². The van der Waals surface area contributed by atoms with Crippen LogP contribution in [0.25, 0.3) is 0 Å². The second-order valence-corrected chi connectivity index (χ2v) is 21.3. The normalized spacial score (nSPS) is 20.4. The summed E-state index contributed by atoms with van der Waals surface area (Å²) in [5, 5.41) is 12.8. The smallest absolute Gasteiger partial charge is 0.199 e. The van der Waals surface area contributed by atoms with Crippen molar-refractivity contribution in [1.82, 2.24) is 0 Å². The average molecular weight is 673 g/mol. The Balaban J connectivity index is 1.71. The Hall–Kier alpha value is -2.74. The van der Waals surface area contributed by atoms with Crippen LogP contribution >= 0.6 is 0 Å². The number of aliphatic hydroxyl groups is 1. The summed E-state index contributed by atoms with van der Waals surface area (Å²) in [6, 6.07) is 16.1. The number of benzene rings is 2. The molecule has 2 fully saturated rings. The topological polar surface area (TPSA) is 57.2 Å². The molecule has 0 aliphatic carbocycles. The maximum absolute atomic E-state index is 12.8. The Morgan fingerprint density at radius 1 is 0.646 bits per heavy atom. The molecule has 2 aromatic carbocycles. The third-order valence-corrected chi connectivity index (χ3v) is 17.0. The highest BCUT2D eigenvalue weighted by Gasteiger charge is 2.46. The van der Waals surface area contributed by atoms with E-state index in [2.05, 4.69) is 90.8 Å². The lowest BCUT2D eigenvalue weighted by Crippen LogP contribution is -2.48. The summed E-state index contributed by atoms with van der Waals surface area (Å²) in [4.78, 5) is 0. The molecule has 2 saturated heterocycles. The van der Waals surface area contributed by atoms with Crippen LogP contribution in [0.2, 0.25) is 16.6 Å². The lowest BCUT2D eigenvalue weighted by atomic mass is 9.70. The van der Waals surface area contributed by atoms with Crippen molar-refractivity contribution >= 4 is 8.07 Å². The molecule has 0 spiro atoms. The lowest BCUT2D eigenvalue weighted by molar-refractivity contribution is -0.106. The maximum atomic E-state index is 12.8. The summed E-state index contributed by atoms with van der Waals surface area (Å²) in [6.07, 6.45) is 5.80. The number of hydrogen-bond donors (Lipinski definition) is 1. The van der Waals surface area contributed by atoms with Gasteiger partial charge in [0.25, 0.3) is 0 Å². The molecule has 3 unspecified atom stereocenters. The van der Waals surface area contributed by atoms with Gasteiger partial charge in [-0.2, -0.15) is 0 Å². The second kappa shape index (κ2) is 15.9. The summed E-state index contributed by atoms with van der Waals surface area (Å²) in [6.45, 7) is 23.5. The van der Waals surface area contributed by atoms with Gasteiger partial charge in [0.15, 0.2) is 18.2 Å². The van der Waals surface area contributed by atoms with Gasteiger partial charge in [-0.05, 0) is 91.5 Å². The van der Waals surface area contributed by atoms with Crippen molar-refractivity contribution < 1.29 is 24.1 Å². The molecule has 0 saturated carbocycles. The largest absolute Gasteiger partial charge is 0.465 e. The fourth-order valence-electron chi connectivity index (χ4n) is 7.32. The zero-order chi connectivity index (χ0) is 35.2. The molecule has 0 aromatic heterocycles. The van der Waals surface area contributed by atoms with Crippen LogP contribution in [0.15, 0.2) is 48.5 Å². The lowest BCUT2D eigenvalue weighted by Gasteiger charge is -2.40. The van der Waals surface area contributed by atoms with Gasteiger partial charge in [0.05, 0.1) is 18.6 Å². The van der Waals surface area contributed by atoms with E-state index in [1.807, 2.05) is 50.2 Å². The van der Waals surface area contributed by atoms with Crippen LogP contribution < -0.4 is 9.47 Å². The molecule has 0 amide bonds. The number of ether oxygens (including phenoxy) is 4. The zero-order valence-electron chi connectivity index (χ0n) is 31.2. The predicted octanol–water partition coefficient (Wildman–Crippen LogP) is 9.71. The monoisotopic (exact) mass is 672 g/mol. The van der Waals surface area contributed by atoms with Gasteiger partial charge in [-0.1, -0.05) is 97.4 Å². The predicted molar refractivity (Wildman–Crippen MR) is 199 cm³/mol. The minimum absolute atomic E-state index is 0.187. The summed E-state index contributed by atoms with van der Waals surface area (Å²) in [5.41, 5.74) is 4.11. The molecule has 262 valence electrons. The number of rotatable bonds is 10. The summed E-state index contributed by atoms with van der Waals surface area (Å²) in [5.74, 6) is 11.9. The summed E-state index contributed by atoms with van der Waals surface area (Å²) < 4.78 is 23.7. The number of hydrogen-bond acceptors (Lipinski definition) is 5. The molecule has 2 heterocycles. The molecule has 2 aliphatic heterocycles. The van der Waals surface area contributed by atoms with Gasteiger partial charge in [-0.15, -0.1) is 5.54 Å². The van der Waals surface area contributed by atoms with Crippen LogP contribution in [0.1, 0.15) is 119 Å². The molecular weight excluding hydrogens is 613 g/mol. The molecule has 2 aromatic rings. The van der Waals surface area contributed by atoms with Gasteiger partial charge < -0.3 is 24.1 Å². The molecule has 6 heteroatoms. The van der Waals surface area contributed by atoms with E-state index in [1.165, 1.54) is 0 Å². The van der Waals surface area contributed by atoms with Crippen LogP contribution in [0.4, 0.5) is 0 Å². The van der Waals surface area contributed by atoms with Crippen molar-refractivity contribution in [3.63, 3.8) is 0 Å². The third kappa shape index (κ3) is 8.69. The van der Waals surface area contributed by atoms with Crippen molar-refractivity contribution in [2.24, 2.45) is 0 Å². The van der Waals surface area contributed by atoms with Crippen LogP contribution in [0.5, 0.6) is 11.5 Å². The molecule has 3 atom stereocenters. The Bertz CT molecular complexity index is 1420. The molecule has 5 nitrogen and oxygen atoms in total. The van der Waals surface area contributed by atoms with Crippen LogP contribution in [0, 0.1) is 23.3 Å². The molecule has 1 N–H and O–H groups in total. The first kappa shape index (κ1) is 38.1. The Kier molecular flexibility index (Phi) is 12.6. The first-order valence-corrected chi connectivity index (χ1v) is 20.4. The van der Waals surface area contributed by atoms with E-state index >= 15 is 0 Å². The summed E-state index contributed by atoms with van der Waals surface area (Å²) >= 11 is 0. The minimum atomic E-state index is -2.16. The van der Waals surface area contributed by atoms with Crippen molar-refractivity contribution in [1.29, 1.82) is 0 Å². The highest BCUT2D eigenvalue weighted by Crippen LogP contribution is 2.42. The summed E-state index contributed by atoms with van der Waals surface area (Å²) in [7, 11) is -2.16. The van der Waals surface area contributed by atoms with Crippen LogP contribution in [-0.4, -0.2) is 44.6 Å². The quantitative estimate of drug-likeness (QED) is 0.201. The van der Waals surface area contributed by atoms with E-state index in [4.69, 9.17) is 18.9 Å². The van der Waals surface area contributed by atoms with E-state index in [0.29, 0.717) is 16.6 Å². The maximum Gasteiger partial charge on any atom is 0.199 e. The van der Waals surface area contributed by atoms with E-state index in [0.717, 1.165) is 74.4 Å². The van der Waals surface area contributed by atoms with E-state index in [9.17, 15) is 5.11 Å². The molecule has 0 bridgehead atoms. The fourth-order valence-corrected chi connectivity index (χ4v) is 12.6. The molecule has 4 rings (SSSR count). The van der Waals surface area contributed by atoms with E-state index < -0.39 is 24.5 Å². The van der Waals surface area contributed by atoms with Crippen molar-refractivity contribution in [3.05, 3.63) is 59.7 Å². The third-order valence-electron chi connectivity index (χ3n) is 10.7. The van der Waals surface area contributed by atoms with Gasteiger partial charge in [-0.3, -0.25) is 0 Å². The molecule has 48 heavy (non-hydrogen) atoms. The minimum Gasteiger partial charge on any atom is -0.465 e. The fraction of sp³-hybridized carbons (Fsp3) is 0.619. The van der Waals surface area contributed by atoms with Gasteiger partial charge >= 0.3 is 0 Å². The first-order valence-electron chi connectivity index (χ1n) is 18.2. The van der Waals surface area contributed by atoms with Crippen molar-refractivity contribution in [3.8, 4) is 34.8 Å². The Labute approximate surface area is 292 Å². The highest BCUT2D eigenvalue weighted by molar-refractivity contribution is 6.90. The van der Waals surface area contributed by atoms with Crippen LogP contribution in [0.3, 0.4) is 0 Å². The molecule has 0 radical (unpaired) electrons. The van der Waals surface area contributed by atoms with Crippen molar-refractivity contribution in [2.75, 3.05) is 13.2 Å². The van der Waals surface area contributed by atoms with E-state index in [-0.39, 0.29) is 12.6 Å². The Morgan fingerprint density at radius 3 is 1.48 bits per heavy atom. The van der Waals surface area contributed by atoms with Gasteiger partial charge in [0.2, 0.25) is 0 Å².